The highest BCUT2D eigenvalue weighted by Crippen LogP contribution is 2.24. The maximum Gasteiger partial charge on any atom is 0.255 e. The average molecular weight is 444 g/mol. The van der Waals surface area contributed by atoms with Gasteiger partial charge in [-0.15, -0.1) is 0 Å². The summed E-state index contributed by atoms with van der Waals surface area (Å²) in [6.07, 6.45) is 2.28. The van der Waals surface area contributed by atoms with Gasteiger partial charge in [0.15, 0.2) is 5.65 Å². The SMILES string of the molecule is CNc1cc(Cl)ccc1C(=N)c1cnc2[nH]cc(C(=O)N[C@H](C)CN3CC(F)C3)c2n1. The minimum absolute atomic E-state index is 0.147. The quantitative estimate of drug-likeness (QED) is 0.420. The Bertz CT molecular complexity index is 1140. The maximum atomic E-state index is 13.0. The lowest BCUT2D eigenvalue weighted by molar-refractivity contribution is 0.0571. The second-order valence-corrected chi connectivity index (χ2v) is 8.10. The van der Waals surface area contributed by atoms with Gasteiger partial charge < -0.3 is 15.6 Å². The summed E-state index contributed by atoms with van der Waals surface area (Å²) in [7, 11) is 1.75. The van der Waals surface area contributed by atoms with E-state index in [9.17, 15) is 9.18 Å². The van der Waals surface area contributed by atoms with Gasteiger partial charge in [-0.1, -0.05) is 11.6 Å². The van der Waals surface area contributed by atoms with Crippen molar-refractivity contribution in [3.05, 3.63) is 52.4 Å². The van der Waals surface area contributed by atoms with Gasteiger partial charge in [-0.05, 0) is 25.1 Å². The predicted octanol–water partition coefficient (Wildman–Crippen LogP) is 2.84. The van der Waals surface area contributed by atoms with E-state index in [1.807, 2.05) is 11.8 Å². The van der Waals surface area contributed by atoms with Crippen molar-refractivity contribution in [3.8, 4) is 0 Å². The molecule has 0 saturated carbocycles. The standard InChI is InChI=1S/C21H23ClFN7O/c1-11(8-30-9-13(23)10-30)28-21(31)15-6-26-20-19(15)29-17(7-27-20)18(24)14-4-3-12(22)5-16(14)25-2/h3-7,11,13,24-25H,8-10H2,1-2H3,(H,26,27)(H,28,31)/t11-/m1/s1. The molecule has 1 aliphatic rings. The van der Waals surface area contributed by atoms with Gasteiger partial charge in [0, 0.05) is 55.2 Å². The third-order valence-electron chi connectivity index (χ3n) is 5.22. The van der Waals surface area contributed by atoms with E-state index in [1.165, 1.54) is 6.20 Å². The van der Waals surface area contributed by atoms with Gasteiger partial charge in [0.2, 0.25) is 0 Å². The first-order valence-corrected chi connectivity index (χ1v) is 10.3. The lowest BCUT2D eigenvalue weighted by Gasteiger charge is -2.36. The molecule has 1 atom stereocenters. The minimum Gasteiger partial charge on any atom is -0.388 e. The number of anilines is 1. The molecule has 1 aromatic carbocycles. The number of H-pyrrole nitrogens is 1. The Kier molecular flexibility index (Phi) is 5.88. The molecule has 4 rings (SSSR count). The van der Waals surface area contributed by atoms with Crippen LogP contribution in [0.1, 0.15) is 28.5 Å². The highest BCUT2D eigenvalue weighted by atomic mass is 35.5. The molecule has 3 heterocycles. The Labute approximate surface area is 183 Å². The Hall–Kier alpha value is -3.04. The summed E-state index contributed by atoms with van der Waals surface area (Å²) in [6, 6.07) is 5.04. The molecular formula is C21H23ClFN7O. The first-order valence-electron chi connectivity index (χ1n) is 9.93. The Morgan fingerprint density at radius 1 is 1.42 bits per heavy atom. The number of amides is 1. The molecule has 31 heavy (non-hydrogen) atoms. The van der Waals surface area contributed by atoms with Crippen LogP contribution in [0.5, 0.6) is 0 Å². The molecule has 0 unspecified atom stereocenters. The summed E-state index contributed by atoms with van der Waals surface area (Å²) in [5.74, 6) is -0.295. The number of hydrogen-bond donors (Lipinski definition) is 4. The number of rotatable bonds is 7. The van der Waals surface area contributed by atoms with Gasteiger partial charge in [-0.2, -0.15) is 0 Å². The number of aromatic nitrogens is 3. The van der Waals surface area contributed by atoms with E-state index >= 15 is 0 Å². The molecule has 162 valence electrons. The topological polar surface area (TPSA) is 110 Å². The summed E-state index contributed by atoms with van der Waals surface area (Å²) < 4.78 is 13.0. The average Bonchev–Trinajstić information content (AvgIpc) is 3.15. The smallest absolute Gasteiger partial charge is 0.255 e. The zero-order chi connectivity index (χ0) is 22.1. The number of fused-ring (bicyclic) bond motifs is 1. The fourth-order valence-electron chi connectivity index (χ4n) is 3.65. The number of aromatic amines is 1. The molecule has 1 amide bonds. The van der Waals surface area contributed by atoms with Crippen LogP contribution in [0.15, 0.2) is 30.6 Å². The molecular weight excluding hydrogens is 421 g/mol. The Morgan fingerprint density at radius 2 is 2.19 bits per heavy atom. The van der Waals surface area contributed by atoms with Crippen molar-refractivity contribution in [3.63, 3.8) is 0 Å². The molecule has 0 bridgehead atoms. The van der Waals surface area contributed by atoms with Crippen LogP contribution in [0.3, 0.4) is 0 Å². The van der Waals surface area contributed by atoms with Crippen LogP contribution in [0.25, 0.3) is 11.2 Å². The zero-order valence-electron chi connectivity index (χ0n) is 17.2. The van der Waals surface area contributed by atoms with Gasteiger partial charge in [0.25, 0.3) is 5.91 Å². The van der Waals surface area contributed by atoms with Gasteiger partial charge in [-0.3, -0.25) is 15.1 Å². The molecule has 1 aliphatic heterocycles. The number of alkyl halides is 1. The summed E-state index contributed by atoms with van der Waals surface area (Å²) in [6.45, 7) is 3.28. The normalized spacial score (nSPS) is 15.5. The van der Waals surface area contributed by atoms with Crippen molar-refractivity contribution in [2.75, 3.05) is 32.0 Å². The fourth-order valence-corrected chi connectivity index (χ4v) is 3.83. The van der Waals surface area contributed by atoms with E-state index in [0.717, 1.165) is 0 Å². The number of nitrogens with zero attached hydrogens (tertiary/aromatic N) is 3. The van der Waals surface area contributed by atoms with Gasteiger partial charge in [0.05, 0.1) is 17.5 Å². The van der Waals surface area contributed by atoms with E-state index in [4.69, 9.17) is 17.0 Å². The molecule has 10 heteroatoms. The summed E-state index contributed by atoms with van der Waals surface area (Å²) >= 11 is 6.05. The van der Waals surface area contributed by atoms with E-state index in [1.54, 1.807) is 31.4 Å². The van der Waals surface area contributed by atoms with Crippen LogP contribution in [-0.2, 0) is 0 Å². The summed E-state index contributed by atoms with van der Waals surface area (Å²) in [5, 5.41) is 15.1. The monoisotopic (exact) mass is 443 g/mol. The van der Waals surface area contributed by atoms with Crippen molar-refractivity contribution >= 4 is 40.1 Å². The lowest BCUT2D eigenvalue weighted by atomic mass is 10.1. The van der Waals surface area contributed by atoms with Gasteiger partial charge >= 0.3 is 0 Å². The highest BCUT2D eigenvalue weighted by Gasteiger charge is 2.28. The minimum atomic E-state index is -0.774. The van der Waals surface area contributed by atoms with Crippen molar-refractivity contribution in [2.45, 2.75) is 19.1 Å². The number of hydrogen-bond acceptors (Lipinski definition) is 6. The number of halogens is 2. The zero-order valence-corrected chi connectivity index (χ0v) is 17.9. The van der Waals surface area contributed by atoms with Gasteiger partial charge in [0.1, 0.15) is 17.4 Å². The van der Waals surface area contributed by atoms with Crippen LogP contribution in [0.4, 0.5) is 10.1 Å². The van der Waals surface area contributed by atoms with Gasteiger partial charge in [-0.25, -0.2) is 14.4 Å². The van der Waals surface area contributed by atoms with Crippen LogP contribution >= 0.6 is 11.6 Å². The predicted molar refractivity (Wildman–Crippen MR) is 119 cm³/mol. The van der Waals surface area contributed by atoms with Crippen LogP contribution < -0.4 is 10.6 Å². The third kappa shape index (κ3) is 4.38. The molecule has 0 spiro atoms. The van der Waals surface area contributed by atoms with Crippen molar-refractivity contribution < 1.29 is 9.18 Å². The number of likely N-dealkylation sites (tertiary alicyclic amines) is 1. The molecule has 0 aliphatic carbocycles. The second kappa shape index (κ2) is 8.60. The van der Waals surface area contributed by atoms with Crippen LogP contribution in [-0.4, -0.2) is 70.4 Å². The molecule has 1 saturated heterocycles. The lowest BCUT2D eigenvalue weighted by Crippen LogP contribution is -2.53. The number of benzene rings is 1. The number of nitrogens with one attached hydrogen (secondary N) is 4. The Morgan fingerprint density at radius 3 is 2.90 bits per heavy atom. The fraction of sp³-hybridized carbons (Fsp3) is 0.333. The molecule has 2 aromatic heterocycles. The van der Waals surface area contributed by atoms with E-state index in [0.29, 0.717) is 58.3 Å². The summed E-state index contributed by atoms with van der Waals surface area (Å²) in [4.78, 5) is 26.6. The molecule has 8 nitrogen and oxygen atoms in total. The molecule has 0 radical (unpaired) electrons. The highest BCUT2D eigenvalue weighted by molar-refractivity contribution is 6.31. The number of carbonyl (C=O) groups is 1. The number of carbonyl (C=O) groups excluding carboxylic acids is 1. The third-order valence-corrected chi connectivity index (χ3v) is 5.46. The first-order chi connectivity index (χ1) is 14.9. The van der Waals surface area contributed by atoms with Crippen LogP contribution in [0.2, 0.25) is 5.02 Å². The van der Waals surface area contributed by atoms with E-state index < -0.39 is 6.17 Å². The van der Waals surface area contributed by atoms with E-state index in [-0.39, 0.29) is 17.7 Å². The molecule has 3 aromatic rings. The largest absolute Gasteiger partial charge is 0.388 e. The van der Waals surface area contributed by atoms with Crippen LogP contribution in [0, 0.1) is 5.41 Å². The van der Waals surface area contributed by atoms with Crippen molar-refractivity contribution in [1.29, 1.82) is 5.41 Å². The maximum absolute atomic E-state index is 13.0. The molecule has 1 fully saturated rings. The first kappa shape index (κ1) is 21.2. The van der Waals surface area contributed by atoms with E-state index in [2.05, 4.69) is 25.6 Å². The van der Waals surface area contributed by atoms with Crippen molar-refractivity contribution in [1.82, 2.24) is 25.2 Å². The Balaban J connectivity index is 1.56. The van der Waals surface area contributed by atoms with Crippen molar-refractivity contribution in [2.24, 2.45) is 0 Å². The summed E-state index contributed by atoms with van der Waals surface area (Å²) in [5.41, 5.74) is 3.01. The second-order valence-electron chi connectivity index (χ2n) is 7.66. The molecule has 4 N–H and O–H groups in total.